The summed E-state index contributed by atoms with van der Waals surface area (Å²) in [5.41, 5.74) is 6.05. The first-order valence-corrected chi connectivity index (χ1v) is 7.41. The first kappa shape index (κ1) is 12.9. The predicted octanol–water partition coefficient (Wildman–Crippen LogP) is 4.29. The maximum absolute atomic E-state index is 4.28. The van der Waals surface area contributed by atoms with E-state index in [0.717, 1.165) is 12.4 Å². The fourth-order valence-electron chi connectivity index (χ4n) is 2.98. The van der Waals surface area contributed by atoms with E-state index in [1.165, 1.54) is 22.5 Å². The standard InChI is InChI=1S/C19H17N3/c1-21-14-22(19-13-20-11-10-18(19)21)17-9-5-8-16(12-17)15-6-3-2-4-7-15/h2-13H,14H2,1H3. The molecule has 1 aliphatic rings. The van der Waals surface area contributed by atoms with Crippen molar-refractivity contribution >= 4 is 17.1 Å². The molecule has 1 aromatic heterocycles. The molecule has 22 heavy (non-hydrogen) atoms. The van der Waals surface area contributed by atoms with Crippen LogP contribution in [0.4, 0.5) is 17.1 Å². The summed E-state index contributed by atoms with van der Waals surface area (Å²) in [7, 11) is 2.11. The lowest BCUT2D eigenvalue weighted by atomic mass is 10.0. The molecule has 0 saturated heterocycles. The summed E-state index contributed by atoms with van der Waals surface area (Å²) in [5, 5.41) is 0. The van der Waals surface area contributed by atoms with Gasteiger partial charge in [-0.3, -0.25) is 4.98 Å². The second-order valence-corrected chi connectivity index (χ2v) is 5.55. The van der Waals surface area contributed by atoms with E-state index in [2.05, 4.69) is 76.4 Å². The lowest BCUT2D eigenvalue weighted by Gasteiger charge is -2.20. The smallest absolute Gasteiger partial charge is 0.0950 e. The van der Waals surface area contributed by atoms with Gasteiger partial charge in [-0.15, -0.1) is 0 Å². The van der Waals surface area contributed by atoms with E-state index < -0.39 is 0 Å². The minimum absolute atomic E-state index is 0.846. The van der Waals surface area contributed by atoms with Crippen LogP contribution in [0.2, 0.25) is 0 Å². The fourth-order valence-corrected chi connectivity index (χ4v) is 2.98. The summed E-state index contributed by atoms with van der Waals surface area (Å²) in [5.74, 6) is 0. The Bertz CT molecular complexity index is 799. The van der Waals surface area contributed by atoms with Crippen LogP contribution < -0.4 is 9.80 Å². The first-order chi connectivity index (χ1) is 10.8. The van der Waals surface area contributed by atoms with Crippen LogP contribution in [0.3, 0.4) is 0 Å². The number of aromatic nitrogens is 1. The van der Waals surface area contributed by atoms with E-state index in [1.54, 1.807) is 0 Å². The highest BCUT2D eigenvalue weighted by molar-refractivity contribution is 5.82. The van der Waals surface area contributed by atoms with E-state index in [4.69, 9.17) is 0 Å². The highest BCUT2D eigenvalue weighted by atomic mass is 15.4. The zero-order chi connectivity index (χ0) is 14.9. The molecule has 3 heteroatoms. The molecule has 0 atom stereocenters. The van der Waals surface area contributed by atoms with Gasteiger partial charge in [0.1, 0.15) is 0 Å². The molecule has 3 nitrogen and oxygen atoms in total. The molecule has 2 heterocycles. The molecular weight excluding hydrogens is 270 g/mol. The van der Waals surface area contributed by atoms with Crippen LogP contribution in [-0.4, -0.2) is 18.7 Å². The minimum atomic E-state index is 0.846. The fraction of sp³-hybridized carbons (Fsp3) is 0.105. The maximum Gasteiger partial charge on any atom is 0.0950 e. The van der Waals surface area contributed by atoms with Crippen molar-refractivity contribution < 1.29 is 0 Å². The normalized spacial score (nSPS) is 13.3. The monoisotopic (exact) mass is 287 g/mol. The van der Waals surface area contributed by atoms with E-state index in [1.807, 2.05) is 18.5 Å². The molecule has 0 unspecified atom stereocenters. The summed E-state index contributed by atoms with van der Waals surface area (Å²) < 4.78 is 0. The van der Waals surface area contributed by atoms with Gasteiger partial charge in [-0.05, 0) is 29.3 Å². The van der Waals surface area contributed by atoms with Crippen LogP contribution in [0.1, 0.15) is 0 Å². The van der Waals surface area contributed by atoms with Crippen molar-refractivity contribution in [3.8, 4) is 11.1 Å². The highest BCUT2D eigenvalue weighted by Gasteiger charge is 2.24. The van der Waals surface area contributed by atoms with Crippen molar-refractivity contribution in [3.05, 3.63) is 73.1 Å². The quantitative estimate of drug-likeness (QED) is 0.700. The molecule has 4 rings (SSSR count). The van der Waals surface area contributed by atoms with Gasteiger partial charge in [-0.25, -0.2) is 0 Å². The molecule has 2 aromatic carbocycles. The van der Waals surface area contributed by atoms with Crippen LogP contribution in [-0.2, 0) is 0 Å². The molecule has 1 aliphatic heterocycles. The van der Waals surface area contributed by atoms with Gasteiger partial charge in [0.25, 0.3) is 0 Å². The maximum atomic E-state index is 4.28. The van der Waals surface area contributed by atoms with E-state index >= 15 is 0 Å². The SMILES string of the molecule is CN1CN(c2cccc(-c3ccccc3)c2)c2cnccc21. The second-order valence-electron chi connectivity index (χ2n) is 5.55. The van der Waals surface area contributed by atoms with Gasteiger partial charge in [0.15, 0.2) is 0 Å². The van der Waals surface area contributed by atoms with Crippen LogP contribution in [0.5, 0.6) is 0 Å². The summed E-state index contributed by atoms with van der Waals surface area (Å²) in [4.78, 5) is 8.82. The van der Waals surface area contributed by atoms with Gasteiger partial charge < -0.3 is 9.80 Å². The summed E-state index contributed by atoms with van der Waals surface area (Å²) in [6.45, 7) is 0.846. The van der Waals surface area contributed by atoms with Crippen molar-refractivity contribution in [1.82, 2.24) is 4.98 Å². The molecule has 0 aliphatic carbocycles. The molecule has 0 saturated carbocycles. The lowest BCUT2D eigenvalue weighted by Crippen LogP contribution is -2.23. The number of fused-ring (bicyclic) bond motifs is 1. The van der Waals surface area contributed by atoms with Gasteiger partial charge in [-0.1, -0.05) is 42.5 Å². The largest absolute Gasteiger partial charge is 0.355 e. The van der Waals surface area contributed by atoms with E-state index in [0.29, 0.717) is 0 Å². The topological polar surface area (TPSA) is 19.4 Å². The van der Waals surface area contributed by atoms with Gasteiger partial charge >= 0.3 is 0 Å². The molecule has 0 fully saturated rings. The Morgan fingerprint density at radius 1 is 0.864 bits per heavy atom. The van der Waals surface area contributed by atoms with Crippen LogP contribution in [0.25, 0.3) is 11.1 Å². The molecule has 3 aromatic rings. The van der Waals surface area contributed by atoms with Crippen LogP contribution in [0.15, 0.2) is 73.1 Å². The Labute approximate surface area is 130 Å². The third-order valence-corrected chi connectivity index (χ3v) is 4.10. The minimum Gasteiger partial charge on any atom is -0.355 e. The summed E-state index contributed by atoms with van der Waals surface area (Å²) in [6.07, 6.45) is 3.78. The van der Waals surface area contributed by atoms with Gasteiger partial charge in [0, 0.05) is 18.9 Å². The molecule has 0 N–H and O–H groups in total. The van der Waals surface area contributed by atoms with Gasteiger partial charge in [0.2, 0.25) is 0 Å². The molecule has 0 radical (unpaired) electrons. The van der Waals surface area contributed by atoms with E-state index in [-0.39, 0.29) is 0 Å². The average molecular weight is 287 g/mol. The molecule has 0 bridgehead atoms. The number of rotatable bonds is 2. The molecule has 0 spiro atoms. The number of benzene rings is 2. The predicted molar refractivity (Wildman–Crippen MR) is 91.5 cm³/mol. The molecule has 0 amide bonds. The number of nitrogens with zero attached hydrogens (tertiary/aromatic N) is 3. The highest BCUT2D eigenvalue weighted by Crippen LogP contribution is 2.39. The van der Waals surface area contributed by atoms with Crippen molar-refractivity contribution in [2.75, 3.05) is 23.5 Å². The van der Waals surface area contributed by atoms with Crippen LogP contribution in [0, 0.1) is 0 Å². The number of pyridine rings is 1. The Balaban J connectivity index is 1.76. The molecule has 108 valence electrons. The number of hydrogen-bond acceptors (Lipinski definition) is 3. The number of anilines is 3. The van der Waals surface area contributed by atoms with Crippen molar-refractivity contribution in [2.45, 2.75) is 0 Å². The first-order valence-electron chi connectivity index (χ1n) is 7.41. The summed E-state index contributed by atoms with van der Waals surface area (Å²) in [6, 6.07) is 21.2. The lowest BCUT2D eigenvalue weighted by molar-refractivity contribution is 0.950. The second kappa shape index (κ2) is 5.19. The Morgan fingerprint density at radius 3 is 2.55 bits per heavy atom. The van der Waals surface area contributed by atoms with Crippen molar-refractivity contribution in [3.63, 3.8) is 0 Å². The summed E-state index contributed by atoms with van der Waals surface area (Å²) >= 11 is 0. The van der Waals surface area contributed by atoms with Crippen LogP contribution >= 0.6 is 0 Å². The number of hydrogen-bond donors (Lipinski definition) is 0. The third kappa shape index (κ3) is 2.11. The van der Waals surface area contributed by atoms with Gasteiger partial charge in [0.05, 0.1) is 24.2 Å². The zero-order valence-electron chi connectivity index (χ0n) is 12.5. The third-order valence-electron chi connectivity index (χ3n) is 4.10. The Morgan fingerprint density at radius 2 is 1.68 bits per heavy atom. The van der Waals surface area contributed by atoms with Crippen molar-refractivity contribution in [2.24, 2.45) is 0 Å². The van der Waals surface area contributed by atoms with E-state index in [9.17, 15) is 0 Å². The zero-order valence-corrected chi connectivity index (χ0v) is 12.5. The Hall–Kier alpha value is -2.81. The van der Waals surface area contributed by atoms with Gasteiger partial charge in [-0.2, -0.15) is 0 Å². The van der Waals surface area contributed by atoms with Crippen molar-refractivity contribution in [1.29, 1.82) is 0 Å². The average Bonchev–Trinajstić information content (AvgIpc) is 2.93. The Kier molecular flexibility index (Phi) is 3.04. The molecular formula is C19H17N3.